The minimum atomic E-state index is -3.68. The lowest BCUT2D eigenvalue weighted by Crippen LogP contribution is -2.40. The zero-order valence-corrected chi connectivity index (χ0v) is 17.5. The highest BCUT2D eigenvalue weighted by Crippen LogP contribution is 2.22. The number of aromatic amines is 1. The van der Waals surface area contributed by atoms with Crippen LogP contribution in [0.1, 0.15) is 31.3 Å². The van der Waals surface area contributed by atoms with Crippen molar-refractivity contribution >= 4 is 48.5 Å². The van der Waals surface area contributed by atoms with Crippen molar-refractivity contribution in [3.63, 3.8) is 0 Å². The second-order valence-electron chi connectivity index (χ2n) is 7.25. The molecule has 0 saturated carbocycles. The molecule has 0 radical (unpaired) electrons. The smallest absolute Gasteiger partial charge is 0.272 e. The molecule has 6 nitrogen and oxygen atoms in total. The average Bonchev–Trinajstić information content (AvgIpc) is 2.96. The molecule has 0 saturated heterocycles. The van der Waals surface area contributed by atoms with E-state index in [1.807, 2.05) is 18.2 Å². The van der Waals surface area contributed by atoms with E-state index in [4.69, 9.17) is 0 Å². The van der Waals surface area contributed by atoms with Crippen LogP contribution in [-0.2, 0) is 10.0 Å². The Bertz CT molecular complexity index is 1110. The molecule has 3 aromatic rings. The van der Waals surface area contributed by atoms with Gasteiger partial charge in [0.25, 0.3) is 5.91 Å². The molecule has 0 aliphatic rings. The van der Waals surface area contributed by atoms with E-state index in [9.17, 15) is 13.2 Å². The summed E-state index contributed by atoms with van der Waals surface area (Å²) in [5, 5.41) is 3.65. The fourth-order valence-corrected chi connectivity index (χ4v) is 4.45. The zero-order chi connectivity index (χ0) is 19.8. The summed E-state index contributed by atoms with van der Waals surface area (Å²) in [4.78, 5) is 15.7. The molecule has 142 valence electrons. The Morgan fingerprint density at radius 1 is 1.07 bits per heavy atom. The summed E-state index contributed by atoms with van der Waals surface area (Å²) in [7, 11) is -3.68. The van der Waals surface area contributed by atoms with Crippen molar-refractivity contribution in [1.82, 2.24) is 9.71 Å². The van der Waals surface area contributed by atoms with Crippen LogP contribution in [0.4, 0.5) is 5.69 Å². The van der Waals surface area contributed by atoms with E-state index in [1.165, 1.54) is 12.1 Å². The summed E-state index contributed by atoms with van der Waals surface area (Å²) >= 11 is 3.40. The molecule has 1 heterocycles. The fraction of sp³-hybridized carbons (Fsp3) is 0.211. The molecule has 3 N–H and O–H groups in total. The second-order valence-corrected chi connectivity index (χ2v) is 9.85. The highest BCUT2D eigenvalue weighted by Gasteiger charge is 2.22. The van der Waals surface area contributed by atoms with E-state index in [-0.39, 0.29) is 10.8 Å². The first-order valence-electron chi connectivity index (χ1n) is 8.27. The third kappa shape index (κ3) is 4.77. The van der Waals surface area contributed by atoms with Gasteiger partial charge in [-0.1, -0.05) is 28.1 Å². The average molecular weight is 450 g/mol. The summed E-state index contributed by atoms with van der Waals surface area (Å²) in [6, 6.07) is 13.6. The summed E-state index contributed by atoms with van der Waals surface area (Å²) in [6.07, 6.45) is 0. The van der Waals surface area contributed by atoms with Gasteiger partial charge in [0.1, 0.15) is 5.69 Å². The van der Waals surface area contributed by atoms with Crippen LogP contribution in [0.5, 0.6) is 0 Å². The van der Waals surface area contributed by atoms with E-state index < -0.39 is 15.6 Å². The van der Waals surface area contributed by atoms with Crippen LogP contribution in [0.3, 0.4) is 0 Å². The van der Waals surface area contributed by atoms with Gasteiger partial charge < -0.3 is 10.3 Å². The summed E-state index contributed by atoms with van der Waals surface area (Å²) < 4.78 is 28.4. The Morgan fingerprint density at radius 2 is 1.81 bits per heavy atom. The number of carbonyl (C=O) groups is 1. The highest BCUT2D eigenvalue weighted by atomic mass is 79.9. The number of aromatic nitrogens is 1. The lowest BCUT2D eigenvalue weighted by molar-refractivity contribution is 0.102. The Labute approximate surface area is 166 Å². The predicted octanol–water partition coefficient (Wildman–Crippen LogP) is 4.26. The van der Waals surface area contributed by atoms with Gasteiger partial charge in [0.05, 0.1) is 4.90 Å². The maximum absolute atomic E-state index is 12.5. The molecule has 0 bridgehead atoms. The molecule has 0 spiro atoms. The lowest BCUT2D eigenvalue weighted by Gasteiger charge is -2.20. The summed E-state index contributed by atoms with van der Waals surface area (Å²) in [6.45, 7) is 5.30. The minimum absolute atomic E-state index is 0.0933. The van der Waals surface area contributed by atoms with Gasteiger partial charge >= 0.3 is 0 Å². The maximum atomic E-state index is 12.5. The van der Waals surface area contributed by atoms with Crippen molar-refractivity contribution in [3.05, 3.63) is 58.7 Å². The van der Waals surface area contributed by atoms with Crippen LogP contribution in [0, 0.1) is 0 Å². The van der Waals surface area contributed by atoms with Gasteiger partial charge in [-0.15, -0.1) is 0 Å². The number of benzene rings is 2. The number of carbonyl (C=O) groups excluding carboxylic acids is 1. The van der Waals surface area contributed by atoms with Gasteiger partial charge in [-0.05, 0) is 57.2 Å². The third-order valence-corrected chi connectivity index (χ3v) is 5.92. The Hall–Kier alpha value is -2.16. The molecule has 0 aliphatic carbocycles. The Kier molecular flexibility index (Phi) is 5.16. The van der Waals surface area contributed by atoms with Crippen molar-refractivity contribution in [2.45, 2.75) is 31.2 Å². The standard InChI is InChI=1S/C19H20BrN3O3S/c1-19(2,3)23-27(25,26)15-6-4-5-14(11-15)21-18(24)17-9-12-7-8-13(20)10-16(12)22-17/h4-11,22-23H,1-3H3,(H,21,24). The molecule has 0 atom stereocenters. The van der Waals surface area contributed by atoms with Gasteiger partial charge in [0.2, 0.25) is 10.0 Å². The molecule has 27 heavy (non-hydrogen) atoms. The van der Waals surface area contributed by atoms with E-state index in [0.29, 0.717) is 11.4 Å². The van der Waals surface area contributed by atoms with E-state index >= 15 is 0 Å². The molecule has 1 aromatic heterocycles. The second kappa shape index (κ2) is 7.10. The molecular weight excluding hydrogens is 430 g/mol. The SMILES string of the molecule is CC(C)(C)NS(=O)(=O)c1cccc(NC(=O)c2cc3ccc(Br)cc3[nH]2)c1. The monoisotopic (exact) mass is 449 g/mol. The normalized spacial score (nSPS) is 12.3. The molecule has 2 aromatic carbocycles. The number of rotatable bonds is 4. The number of nitrogens with one attached hydrogen (secondary N) is 3. The Morgan fingerprint density at radius 3 is 2.52 bits per heavy atom. The molecule has 0 aliphatic heterocycles. The number of amides is 1. The van der Waals surface area contributed by atoms with E-state index in [1.54, 1.807) is 39.0 Å². The van der Waals surface area contributed by atoms with Gasteiger partial charge in [-0.2, -0.15) is 0 Å². The van der Waals surface area contributed by atoms with Gasteiger partial charge in [-0.25, -0.2) is 13.1 Å². The Balaban J connectivity index is 1.84. The van der Waals surface area contributed by atoms with Crippen molar-refractivity contribution in [3.8, 4) is 0 Å². The molecular formula is C19H20BrN3O3S. The van der Waals surface area contributed by atoms with Gasteiger partial charge in [0, 0.05) is 26.6 Å². The van der Waals surface area contributed by atoms with Crippen LogP contribution in [0.15, 0.2) is 57.9 Å². The van der Waals surface area contributed by atoms with Crippen molar-refractivity contribution in [1.29, 1.82) is 0 Å². The van der Waals surface area contributed by atoms with Crippen molar-refractivity contribution in [2.75, 3.05) is 5.32 Å². The van der Waals surface area contributed by atoms with Crippen LogP contribution in [0.25, 0.3) is 10.9 Å². The first kappa shape index (κ1) is 19.6. The van der Waals surface area contributed by atoms with Crippen LogP contribution >= 0.6 is 15.9 Å². The van der Waals surface area contributed by atoms with Crippen LogP contribution in [0.2, 0.25) is 0 Å². The molecule has 0 fully saturated rings. The first-order valence-corrected chi connectivity index (χ1v) is 10.5. The topological polar surface area (TPSA) is 91.1 Å². The third-order valence-electron chi connectivity index (χ3n) is 3.67. The number of hydrogen-bond donors (Lipinski definition) is 3. The lowest BCUT2D eigenvalue weighted by atomic mass is 10.1. The summed E-state index contributed by atoms with van der Waals surface area (Å²) in [5.41, 5.74) is 1.03. The quantitative estimate of drug-likeness (QED) is 0.555. The first-order chi connectivity index (χ1) is 12.5. The molecule has 0 unspecified atom stereocenters. The van der Waals surface area contributed by atoms with Crippen LogP contribution < -0.4 is 10.0 Å². The van der Waals surface area contributed by atoms with Crippen LogP contribution in [-0.4, -0.2) is 24.8 Å². The number of H-pyrrole nitrogens is 1. The van der Waals surface area contributed by atoms with Crippen molar-refractivity contribution < 1.29 is 13.2 Å². The molecule has 8 heteroatoms. The number of halogens is 1. The number of sulfonamides is 1. The fourth-order valence-electron chi connectivity index (χ4n) is 2.62. The predicted molar refractivity (Wildman–Crippen MR) is 110 cm³/mol. The number of hydrogen-bond acceptors (Lipinski definition) is 3. The number of anilines is 1. The van der Waals surface area contributed by atoms with Crippen molar-refractivity contribution in [2.24, 2.45) is 0 Å². The largest absolute Gasteiger partial charge is 0.350 e. The van der Waals surface area contributed by atoms with Gasteiger partial charge in [0.15, 0.2) is 0 Å². The molecule has 3 rings (SSSR count). The maximum Gasteiger partial charge on any atom is 0.272 e. The number of fused-ring (bicyclic) bond motifs is 1. The minimum Gasteiger partial charge on any atom is -0.350 e. The zero-order valence-electron chi connectivity index (χ0n) is 15.1. The highest BCUT2D eigenvalue weighted by molar-refractivity contribution is 9.10. The van der Waals surface area contributed by atoms with Gasteiger partial charge in [-0.3, -0.25) is 4.79 Å². The summed E-state index contributed by atoms with van der Waals surface area (Å²) in [5.74, 6) is -0.347. The van der Waals surface area contributed by atoms with E-state index in [0.717, 1.165) is 15.4 Å². The van der Waals surface area contributed by atoms with E-state index in [2.05, 4.69) is 31.0 Å². The molecule has 1 amide bonds.